The number of allylic oxidation sites excluding steroid dienone is 1. The van der Waals surface area contributed by atoms with E-state index in [1.54, 1.807) is 6.07 Å². The van der Waals surface area contributed by atoms with Crippen molar-refractivity contribution in [2.24, 2.45) is 0 Å². The number of nitrogens with zero attached hydrogens (tertiary/aromatic N) is 1. The third-order valence-electron chi connectivity index (χ3n) is 2.82. The van der Waals surface area contributed by atoms with E-state index in [1.807, 2.05) is 24.3 Å². The summed E-state index contributed by atoms with van der Waals surface area (Å²) < 4.78 is 5.17. The van der Waals surface area contributed by atoms with Crippen LogP contribution in [0.25, 0.3) is 17.4 Å². The molecular weight excluding hydrogens is 226 g/mol. The lowest BCUT2D eigenvalue weighted by Gasteiger charge is -2.01. The molecule has 0 fully saturated rings. The third kappa shape index (κ3) is 2.18. The highest BCUT2D eigenvalue weighted by Gasteiger charge is 2.15. The fourth-order valence-corrected chi connectivity index (χ4v) is 1.82. The van der Waals surface area contributed by atoms with Crippen molar-refractivity contribution in [3.8, 4) is 17.4 Å². The van der Waals surface area contributed by atoms with E-state index in [-0.39, 0.29) is 0 Å². The highest BCUT2D eigenvalue weighted by Crippen LogP contribution is 2.27. The molecule has 1 heterocycles. The molecule has 0 bridgehead atoms. The van der Waals surface area contributed by atoms with Gasteiger partial charge in [0.1, 0.15) is 5.76 Å². The molecule has 90 valence electrons. The van der Waals surface area contributed by atoms with Gasteiger partial charge in [0.15, 0.2) is 0 Å². The van der Waals surface area contributed by atoms with Gasteiger partial charge in [-0.2, -0.15) is 5.26 Å². The Morgan fingerprint density at radius 1 is 1.39 bits per heavy atom. The number of furan rings is 1. The van der Waals surface area contributed by atoms with Crippen LogP contribution in [0.4, 0.5) is 0 Å². The van der Waals surface area contributed by atoms with E-state index in [9.17, 15) is 4.79 Å². The highest BCUT2D eigenvalue weighted by atomic mass is 16.4. The fourth-order valence-electron chi connectivity index (χ4n) is 1.82. The third-order valence-corrected chi connectivity index (χ3v) is 2.82. The normalized spacial score (nSPS) is 11.2. The van der Waals surface area contributed by atoms with Crippen LogP contribution in [0.5, 0.6) is 0 Å². The van der Waals surface area contributed by atoms with E-state index in [0.717, 1.165) is 11.1 Å². The molecule has 0 aromatic rings. The number of rotatable bonds is 2. The molecule has 0 saturated carbocycles. The van der Waals surface area contributed by atoms with Gasteiger partial charge in [-0.3, -0.25) is 0 Å². The van der Waals surface area contributed by atoms with Crippen LogP contribution < -0.4 is 5.63 Å². The van der Waals surface area contributed by atoms with E-state index >= 15 is 0 Å². The molecule has 0 radical (unpaired) electrons. The summed E-state index contributed by atoms with van der Waals surface area (Å²) in [6.07, 6.45) is 2.78. The average Bonchev–Trinajstić information content (AvgIpc) is 2.51. The summed E-state index contributed by atoms with van der Waals surface area (Å²) in [6.45, 7) is 4.17. The first-order valence-corrected chi connectivity index (χ1v) is 5.76. The van der Waals surface area contributed by atoms with Gasteiger partial charge >= 0.3 is 5.63 Å². The minimum Gasteiger partial charge on any atom is -0.422 e. The second-order valence-electron chi connectivity index (χ2n) is 4.37. The zero-order valence-corrected chi connectivity index (χ0v) is 10.3. The molecule has 0 unspecified atom stereocenters. The van der Waals surface area contributed by atoms with Crippen molar-refractivity contribution in [1.82, 2.24) is 0 Å². The molecular formula is C15H13NO2. The van der Waals surface area contributed by atoms with Crippen LogP contribution >= 0.6 is 0 Å². The van der Waals surface area contributed by atoms with Gasteiger partial charge in [-0.1, -0.05) is 26.0 Å². The van der Waals surface area contributed by atoms with Crippen LogP contribution in [0.3, 0.4) is 0 Å². The predicted octanol–water partition coefficient (Wildman–Crippen LogP) is 3.40. The largest absolute Gasteiger partial charge is 0.422 e. The maximum atomic E-state index is 11.7. The number of hydrogen-bond acceptors (Lipinski definition) is 3. The van der Waals surface area contributed by atoms with Crippen LogP contribution in [-0.4, -0.2) is 0 Å². The van der Waals surface area contributed by atoms with Gasteiger partial charge in [0.25, 0.3) is 0 Å². The van der Waals surface area contributed by atoms with E-state index in [0.29, 0.717) is 17.2 Å². The molecule has 0 aromatic heterocycles. The van der Waals surface area contributed by atoms with Crippen molar-refractivity contribution in [3.05, 3.63) is 51.9 Å². The van der Waals surface area contributed by atoms with Gasteiger partial charge in [0.2, 0.25) is 0 Å². The first-order chi connectivity index (χ1) is 8.63. The summed E-state index contributed by atoms with van der Waals surface area (Å²) in [5.74, 6) is 0.905. The van der Waals surface area contributed by atoms with E-state index in [4.69, 9.17) is 9.68 Å². The van der Waals surface area contributed by atoms with E-state index in [1.165, 1.54) is 12.2 Å². The Balaban J connectivity index is 2.71. The zero-order chi connectivity index (χ0) is 13.1. The molecule has 0 spiro atoms. The molecule has 0 amide bonds. The molecule has 0 saturated heterocycles. The van der Waals surface area contributed by atoms with Crippen molar-refractivity contribution in [3.63, 3.8) is 0 Å². The molecule has 3 heteroatoms. The topological polar surface area (TPSA) is 54.0 Å². The minimum absolute atomic E-state index is 0.360. The van der Waals surface area contributed by atoms with Gasteiger partial charge in [0.05, 0.1) is 11.6 Å². The average molecular weight is 239 g/mol. The Morgan fingerprint density at radius 3 is 2.83 bits per heavy atom. The number of nitriles is 1. The standard InChI is InChI=1S/C15H13NO2/c1-10(2)11-5-3-7-14-13(9-11)12(6-4-8-16)15(17)18-14/h3-7,9-10H,1-2H3/b6-4-. The maximum absolute atomic E-state index is 11.7. The van der Waals surface area contributed by atoms with Crippen molar-refractivity contribution < 1.29 is 4.42 Å². The Labute approximate surface area is 105 Å². The van der Waals surface area contributed by atoms with Gasteiger partial charge in [-0.25, -0.2) is 4.79 Å². The van der Waals surface area contributed by atoms with Gasteiger partial charge in [-0.15, -0.1) is 0 Å². The van der Waals surface area contributed by atoms with E-state index in [2.05, 4.69) is 13.8 Å². The van der Waals surface area contributed by atoms with Crippen molar-refractivity contribution in [1.29, 1.82) is 5.26 Å². The lowest BCUT2D eigenvalue weighted by atomic mass is 10.0. The van der Waals surface area contributed by atoms with Crippen LogP contribution in [0.2, 0.25) is 0 Å². The van der Waals surface area contributed by atoms with Gasteiger partial charge in [-0.05, 0) is 29.7 Å². The first-order valence-electron chi connectivity index (χ1n) is 5.76. The molecule has 0 aromatic carbocycles. The maximum Gasteiger partial charge on any atom is 0.344 e. The lowest BCUT2D eigenvalue weighted by Crippen LogP contribution is -1.95. The predicted molar refractivity (Wildman–Crippen MR) is 70.3 cm³/mol. The highest BCUT2D eigenvalue weighted by molar-refractivity contribution is 5.73. The molecule has 2 aliphatic rings. The second-order valence-corrected chi connectivity index (χ2v) is 4.37. The summed E-state index contributed by atoms with van der Waals surface area (Å²) in [5, 5.41) is 8.55. The Bertz CT molecular complexity index is 659. The molecule has 2 rings (SSSR count). The van der Waals surface area contributed by atoms with Gasteiger partial charge in [0, 0.05) is 11.6 Å². The van der Waals surface area contributed by atoms with E-state index < -0.39 is 5.63 Å². The Morgan fingerprint density at radius 2 is 2.17 bits per heavy atom. The summed E-state index contributed by atoms with van der Waals surface area (Å²) in [5.41, 5.74) is 1.90. The van der Waals surface area contributed by atoms with Crippen LogP contribution in [-0.2, 0) is 0 Å². The Kier molecular flexibility index (Phi) is 3.29. The molecule has 0 atom stereocenters. The number of fused-ring (bicyclic) bond motifs is 1. The Hall–Kier alpha value is -2.34. The molecule has 0 N–H and O–H groups in total. The fraction of sp³-hybridized carbons (Fsp3) is 0.200. The van der Waals surface area contributed by atoms with Crippen molar-refractivity contribution in [2.45, 2.75) is 19.8 Å². The molecule has 1 aliphatic heterocycles. The first kappa shape index (κ1) is 12.1. The SMILES string of the molecule is CC(C)c1cccc2oc(=O)c(/C=C\C#N)c-2c1. The van der Waals surface area contributed by atoms with Gasteiger partial charge < -0.3 is 4.42 Å². The summed E-state index contributed by atoms with van der Waals surface area (Å²) in [6, 6.07) is 9.47. The second kappa shape index (κ2) is 4.89. The lowest BCUT2D eigenvalue weighted by molar-refractivity contribution is 0.544. The van der Waals surface area contributed by atoms with Crippen molar-refractivity contribution >= 4 is 6.08 Å². The summed E-state index contributed by atoms with van der Waals surface area (Å²) >= 11 is 0. The van der Waals surface area contributed by atoms with Crippen LogP contribution in [0.1, 0.15) is 30.9 Å². The van der Waals surface area contributed by atoms with Crippen LogP contribution in [0.15, 0.2) is 39.6 Å². The van der Waals surface area contributed by atoms with Crippen molar-refractivity contribution in [2.75, 3.05) is 0 Å². The molecule has 1 aliphatic carbocycles. The quantitative estimate of drug-likeness (QED) is 0.754. The van der Waals surface area contributed by atoms with Crippen LogP contribution in [0, 0.1) is 11.3 Å². The smallest absolute Gasteiger partial charge is 0.344 e. The molecule has 18 heavy (non-hydrogen) atoms. The summed E-state index contributed by atoms with van der Waals surface area (Å²) in [4.78, 5) is 11.7. The minimum atomic E-state index is -0.405. The monoisotopic (exact) mass is 239 g/mol. The molecule has 3 nitrogen and oxygen atoms in total. The number of hydrogen-bond donors (Lipinski definition) is 0. The zero-order valence-electron chi connectivity index (χ0n) is 10.3. The summed E-state index contributed by atoms with van der Waals surface area (Å²) in [7, 11) is 0.